The maximum absolute atomic E-state index is 10.8. The Hall–Kier alpha value is -0.570. The van der Waals surface area contributed by atoms with E-state index in [4.69, 9.17) is 5.73 Å². The predicted octanol–water partition coefficient (Wildman–Crippen LogP) is 0.886. The van der Waals surface area contributed by atoms with Crippen molar-refractivity contribution in [3.63, 3.8) is 0 Å². The average Bonchev–Trinajstić information content (AvgIpc) is 1.83. The van der Waals surface area contributed by atoms with Gasteiger partial charge in [0, 0.05) is 13.0 Å². The average molecular weight is 172 g/mol. The molecule has 72 valence electrons. The molecule has 0 heterocycles. The summed E-state index contributed by atoms with van der Waals surface area (Å²) in [7, 11) is 0. The lowest BCUT2D eigenvalue weighted by atomic mass is 9.85. The van der Waals surface area contributed by atoms with Gasteiger partial charge in [0.2, 0.25) is 5.91 Å². The quantitative estimate of drug-likeness (QED) is 0.664. The van der Waals surface area contributed by atoms with E-state index in [0.29, 0.717) is 6.54 Å². The molecule has 12 heavy (non-hydrogen) atoms. The van der Waals surface area contributed by atoms with Crippen LogP contribution in [0.5, 0.6) is 0 Å². The van der Waals surface area contributed by atoms with Crippen molar-refractivity contribution in [1.82, 2.24) is 5.32 Å². The molecule has 0 rings (SSSR count). The summed E-state index contributed by atoms with van der Waals surface area (Å²) >= 11 is 0. The zero-order chi connectivity index (χ0) is 9.78. The van der Waals surface area contributed by atoms with Crippen molar-refractivity contribution in [2.24, 2.45) is 11.1 Å². The number of nitrogens with two attached hydrogens (primary N) is 1. The summed E-state index contributed by atoms with van der Waals surface area (Å²) in [6.45, 7) is 8.45. The molecule has 3 nitrogen and oxygen atoms in total. The number of amides is 1. The normalized spacial score (nSPS) is 14.1. The van der Waals surface area contributed by atoms with Gasteiger partial charge in [0.15, 0.2) is 0 Å². The molecule has 1 atom stereocenters. The van der Waals surface area contributed by atoms with Crippen LogP contribution in [0, 0.1) is 5.41 Å². The van der Waals surface area contributed by atoms with Crippen LogP contribution in [0.4, 0.5) is 0 Å². The van der Waals surface area contributed by atoms with Crippen LogP contribution >= 0.6 is 0 Å². The van der Waals surface area contributed by atoms with Crippen molar-refractivity contribution in [2.45, 2.75) is 40.2 Å². The minimum atomic E-state index is 0.0170. The van der Waals surface area contributed by atoms with E-state index in [0.717, 1.165) is 6.42 Å². The van der Waals surface area contributed by atoms with Gasteiger partial charge in [0.25, 0.3) is 0 Å². The minimum Gasteiger partial charge on any atom is -0.353 e. The van der Waals surface area contributed by atoms with E-state index < -0.39 is 0 Å². The third kappa shape index (κ3) is 4.34. The van der Waals surface area contributed by atoms with Crippen molar-refractivity contribution < 1.29 is 4.79 Å². The largest absolute Gasteiger partial charge is 0.353 e. The van der Waals surface area contributed by atoms with Gasteiger partial charge in [-0.15, -0.1) is 0 Å². The number of nitrogens with one attached hydrogen (secondary N) is 1. The molecule has 0 aromatic carbocycles. The summed E-state index contributed by atoms with van der Waals surface area (Å²) in [5, 5.41) is 2.90. The molecule has 1 unspecified atom stereocenters. The van der Waals surface area contributed by atoms with Crippen molar-refractivity contribution in [2.75, 3.05) is 6.54 Å². The fraction of sp³-hybridized carbons (Fsp3) is 0.889. The first-order valence-corrected chi connectivity index (χ1v) is 4.35. The van der Waals surface area contributed by atoms with Crippen LogP contribution in [0.1, 0.15) is 34.1 Å². The lowest BCUT2D eigenvalue weighted by Gasteiger charge is -2.30. The van der Waals surface area contributed by atoms with Gasteiger partial charge in [-0.2, -0.15) is 0 Å². The first-order valence-electron chi connectivity index (χ1n) is 4.35. The number of carbonyl (C=O) groups excluding carboxylic acids is 1. The van der Waals surface area contributed by atoms with Gasteiger partial charge in [-0.25, -0.2) is 0 Å². The second kappa shape index (κ2) is 4.45. The van der Waals surface area contributed by atoms with E-state index in [1.807, 2.05) is 0 Å². The predicted molar refractivity (Wildman–Crippen MR) is 50.7 cm³/mol. The monoisotopic (exact) mass is 172 g/mol. The molecule has 0 aromatic rings. The first-order chi connectivity index (χ1) is 5.38. The molecule has 0 saturated heterocycles. The fourth-order valence-corrected chi connectivity index (χ4v) is 1.13. The third-order valence-electron chi connectivity index (χ3n) is 1.88. The van der Waals surface area contributed by atoms with Gasteiger partial charge in [-0.3, -0.25) is 4.79 Å². The summed E-state index contributed by atoms with van der Waals surface area (Å²) in [6, 6.07) is 0.181. The van der Waals surface area contributed by atoms with Crippen molar-refractivity contribution >= 4 is 5.91 Å². The fourth-order valence-electron chi connectivity index (χ4n) is 1.13. The van der Waals surface area contributed by atoms with Gasteiger partial charge in [0.1, 0.15) is 0 Å². The van der Waals surface area contributed by atoms with Crippen LogP contribution in [-0.4, -0.2) is 18.5 Å². The second-order valence-corrected chi connectivity index (χ2v) is 4.20. The molecule has 0 bridgehead atoms. The Morgan fingerprint density at radius 1 is 1.50 bits per heavy atom. The molecule has 0 aliphatic rings. The van der Waals surface area contributed by atoms with E-state index >= 15 is 0 Å². The van der Waals surface area contributed by atoms with E-state index in [-0.39, 0.29) is 17.4 Å². The highest BCUT2D eigenvalue weighted by Crippen LogP contribution is 2.21. The van der Waals surface area contributed by atoms with Crippen LogP contribution in [-0.2, 0) is 4.79 Å². The van der Waals surface area contributed by atoms with Crippen LogP contribution < -0.4 is 11.1 Å². The third-order valence-corrected chi connectivity index (χ3v) is 1.88. The maximum atomic E-state index is 10.8. The summed E-state index contributed by atoms with van der Waals surface area (Å²) in [5.74, 6) is 0.0170. The van der Waals surface area contributed by atoms with Gasteiger partial charge < -0.3 is 11.1 Å². The smallest absolute Gasteiger partial charge is 0.217 e. The number of rotatable bonds is 3. The SMILES string of the molecule is CC(=O)NC(CCN)C(C)(C)C. The lowest BCUT2D eigenvalue weighted by molar-refractivity contribution is -0.120. The molecule has 0 aliphatic carbocycles. The van der Waals surface area contributed by atoms with E-state index in [2.05, 4.69) is 26.1 Å². The molecule has 3 N–H and O–H groups in total. The van der Waals surface area contributed by atoms with Gasteiger partial charge in [-0.05, 0) is 18.4 Å². The standard InChI is InChI=1S/C9H20N2O/c1-7(12)11-8(5-6-10)9(2,3)4/h8H,5-6,10H2,1-4H3,(H,11,12). The van der Waals surface area contributed by atoms with Crippen LogP contribution in [0.3, 0.4) is 0 Å². The molecular weight excluding hydrogens is 152 g/mol. The summed E-state index contributed by atoms with van der Waals surface area (Å²) in [6.07, 6.45) is 0.836. The summed E-state index contributed by atoms with van der Waals surface area (Å²) in [5.41, 5.74) is 5.54. The maximum Gasteiger partial charge on any atom is 0.217 e. The number of hydrogen-bond acceptors (Lipinski definition) is 2. The minimum absolute atomic E-state index is 0.0170. The van der Waals surface area contributed by atoms with Crippen LogP contribution in [0.15, 0.2) is 0 Å². The topological polar surface area (TPSA) is 55.1 Å². The van der Waals surface area contributed by atoms with Crippen molar-refractivity contribution in [1.29, 1.82) is 0 Å². The molecular formula is C9H20N2O. The Labute approximate surface area is 74.7 Å². The molecule has 0 aliphatic heterocycles. The Morgan fingerprint density at radius 2 is 2.00 bits per heavy atom. The Bertz CT molecular complexity index is 149. The van der Waals surface area contributed by atoms with E-state index in [1.165, 1.54) is 6.92 Å². The van der Waals surface area contributed by atoms with Crippen molar-refractivity contribution in [3.05, 3.63) is 0 Å². The molecule has 0 fully saturated rings. The Morgan fingerprint density at radius 3 is 2.25 bits per heavy atom. The molecule has 0 spiro atoms. The summed E-state index contributed by atoms with van der Waals surface area (Å²) < 4.78 is 0. The van der Waals surface area contributed by atoms with Crippen LogP contribution in [0.25, 0.3) is 0 Å². The molecule has 0 saturated carbocycles. The number of hydrogen-bond donors (Lipinski definition) is 2. The highest BCUT2D eigenvalue weighted by atomic mass is 16.1. The molecule has 3 heteroatoms. The Balaban J connectivity index is 4.13. The van der Waals surface area contributed by atoms with Gasteiger partial charge >= 0.3 is 0 Å². The highest BCUT2D eigenvalue weighted by molar-refractivity contribution is 5.73. The lowest BCUT2D eigenvalue weighted by Crippen LogP contribution is -2.43. The molecule has 1 amide bonds. The van der Waals surface area contributed by atoms with E-state index in [9.17, 15) is 4.79 Å². The van der Waals surface area contributed by atoms with Gasteiger partial charge in [-0.1, -0.05) is 20.8 Å². The Kier molecular flexibility index (Phi) is 4.24. The van der Waals surface area contributed by atoms with Crippen LogP contribution in [0.2, 0.25) is 0 Å². The molecule has 0 aromatic heterocycles. The zero-order valence-electron chi connectivity index (χ0n) is 8.48. The van der Waals surface area contributed by atoms with E-state index in [1.54, 1.807) is 0 Å². The highest BCUT2D eigenvalue weighted by Gasteiger charge is 2.24. The zero-order valence-corrected chi connectivity index (χ0v) is 8.48. The first kappa shape index (κ1) is 11.4. The summed E-state index contributed by atoms with van der Waals surface area (Å²) in [4.78, 5) is 10.8. The second-order valence-electron chi connectivity index (χ2n) is 4.20. The van der Waals surface area contributed by atoms with Crippen molar-refractivity contribution in [3.8, 4) is 0 Å². The number of carbonyl (C=O) groups is 1. The molecule has 0 radical (unpaired) electrons. The van der Waals surface area contributed by atoms with Gasteiger partial charge in [0.05, 0.1) is 0 Å².